The minimum atomic E-state index is -3.08. The van der Waals surface area contributed by atoms with Crippen LogP contribution in [0.5, 0.6) is 0 Å². The average molecular weight is 705 g/mol. The standard InChI is InChI=1S/2C12H27O2PS2.Mo.O/c2*1-2-3-4-5-6-7-8-9-10-11-12-14-15(13,16)17;;/h2*2-12H2,1H3,(H2,13,16,17);;/q;;+4;/p-4. The SMILES string of the molecule is CCCCCCCCCCCCOP([O-])(=S)[S-].CCCCCCCCCCCCOP([O-])(=S)[S-].[O]=[Mo+4]. The van der Waals surface area contributed by atoms with E-state index < -0.39 is 11.4 Å². The maximum absolute atomic E-state index is 10.9. The molecule has 0 aromatic carbocycles. The molecule has 0 heterocycles. The molecule has 0 amide bonds. The number of unbranched alkanes of at least 4 members (excludes halogenated alkanes) is 18. The Kier molecular flexibility index (Phi) is 39.9. The molecule has 0 saturated carbocycles. The summed E-state index contributed by atoms with van der Waals surface area (Å²) in [5.74, 6) is 0. The Bertz CT molecular complexity index is 481. The van der Waals surface area contributed by atoms with Crippen LogP contribution in [0.3, 0.4) is 0 Å². The summed E-state index contributed by atoms with van der Waals surface area (Å²) in [4.78, 5) is 21.8. The summed E-state index contributed by atoms with van der Waals surface area (Å²) < 4.78 is 18.0. The van der Waals surface area contributed by atoms with Crippen molar-refractivity contribution in [1.29, 1.82) is 0 Å². The second-order valence-corrected chi connectivity index (χ2v) is 18.4. The number of hydrogen-bond donors (Lipinski definition) is 0. The van der Waals surface area contributed by atoms with Gasteiger partial charge in [0.05, 0.1) is 0 Å². The summed E-state index contributed by atoms with van der Waals surface area (Å²) in [5, 5.41) is 0. The Morgan fingerprint density at radius 3 is 0.917 bits per heavy atom. The molecule has 2 unspecified atom stereocenters. The van der Waals surface area contributed by atoms with Crippen LogP contribution in [-0.4, -0.2) is 13.2 Å². The van der Waals surface area contributed by atoms with Crippen molar-refractivity contribution >= 4 is 59.5 Å². The van der Waals surface area contributed by atoms with Gasteiger partial charge >= 0.3 is 23.2 Å². The molecular formula is C24H50MoO5P2S4. The summed E-state index contributed by atoms with van der Waals surface area (Å²) in [7, 11) is 0. The quantitative estimate of drug-likeness (QED) is 0.0430. The van der Waals surface area contributed by atoms with Gasteiger partial charge < -0.3 is 43.3 Å². The first-order chi connectivity index (χ1) is 17.1. The van der Waals surface area contributed by atoms with Gasteiger partial charge in [-0.25, -0.2) is 0 Å². The third kappa shape index (κ3) is 49.3. The van der Waals surface area contributed by atoms with E-state index in [2.05, 4.69) is 62.0 Å². The van der Waals surface area contributed by atoms with E-state index in [1.54, 1.807) is 0 Å². The zero-order valence-corrected chi connectivity index (χ0v) is 29.6. The molecule has 0 spiro atoms. The molecule has 0 aliphatic rings. The number of rotatable bonds is 24. The first-order valence-electron chi connectivity index (χ1n) is 13.6. The fraction of sp³-hybridized carbons (Fsp3) is 1.00. The van der Waals surface area contributed by atoms with E-state index in [0.717, 1.165) is 25.7 Å². The molecule has 0 aliphatic heterocycles. The summed E-state index contributed by atoms with van der Waals surface area (Å²) in [6.45, 7) is 5.40. The zero-order valence-electron chi connectivity index (χ0n) is 22.5. The first-order valence-corrected chi connectivity index (χ1v) is 21.7. The van der Waals surface area contributed by atoms with E-state index in [0.29, 0.717) is 33.0 Å². The Morgan fingerprint density at radius 2 is 0.722 bits per heavy atom. The van der Waals surface area contributed by atoms with E-state index in [1.807, 2.05) is 0 Å². The molecule has 12 heteroatoms. The van der Waals surface area contributed by atoms with Crippen LogP contribution in [0, 0.1) is 0 Å². The van der Waals surface area contributed by atoms with Crippen LogP contribution >= 0.6 is 11.4 Å². The van der Waals surface area contributed by atoms with Crippen LogP contribution in [0.2, 0.25) is 0 Å². The molecular weight excluding hydrogens is 654 g/mol. The van der Waals surface area contributed by atoms with Crippen molar-refractivity contribution in [3.8, 4) is 0 Å². The van der Waals surface area contributed by atoms with Gasteiger partial charge in [0.2, 0.25) is 0 Å². The third-order valence-corrected chi connectivity index (χ3v) is 7.76. The Labute approximate surface area is 255 Å². The van der Waals surface area contributed by atoms with Crippen molar-refractivity contribution in [3.63, 3.8) is 0 Å². The molecule has 0 aromatic heterocycles. The van der Waals surface area contributed by atoms with Gasteiger partial charge in [-0.2, -0.15) is 0 Å². The van der Waals surface area contributed by atoms with Crippen LogP contribution < -0.4 is 9.79 Å². The van der Waals surface area contributed by atoms with Crippen LogP contribution in [0.1, 0.15) is 142 Å². The summed E-state index contributed by atoms with van der Waals surface area (Å²) in [6.07, 6.45) is 25.5. The van der Waals surface area contributed by atoms with Gasteiger partial charge in [0.25, 0.3) is 0 Å². The van der Waals surface area contributed by atoms with Gasteiger partial charge in [0.1, 0.15) is 0 Å². The van der Waals surface area contributed by atoms with E-state index in [9.17, 15) is 9.79 Å². The molecule has 36 heavy (non-hydrogen) atoms. The monoisotopic (exact) mass is 706 g/mol. The second kappa shape index (κ2) is 33.5. The average Bonchev–Trinajstić information content (AvgIpc) is 2.81. The Balaban J connectivity index is -0.000000565. The van der Waals surface area contributed by atoms with Gasteiger partial charge in [0, 0.05) is 13.2 Å². The summed E-state index contributed by atoms with van der Waals surface area (Å²) in [5.41, 5.74) is -6.15. The van der Waals surface area contributed by atoms with Gasteiger partial charge in [-0.3, -0.25) is 0 Å². The molecule has 0 N–H and O–H groups in total. The molecule has 5 nitrogen and oxygen atoms in total. The summed E-state index contributed by atoms with van der Waals surface area (Å²) in [6, 6.07) is 0. The van der Waals surface area contributed by atoms with Gasteiger partial charge in [0.15, 0.2) is 0 Å². The van der Waals surface area contributed by atoms with Crippen LogP contribution in [0.4, 0.5) is 0 Å². The molecule has 0 radical (unpaired) electrons. The Hall–Kier alpha value is 2.33. The first kappa shape index (κ1) is 42.8. The molecule has 216 valence electrons. The normalized spacial score (nSPS) is 14.1. The van der Waals surface area contributed by atoms with Crippen LogP contribution in [-0.2, 0) is 80.3 Å². The van der Waals surface area contributed by atoms with Crippen LogP contribution in [0.15, 0.2) is 0 Å². The van der Waals surface area contributed by atoms with E-state index in [-0.39, 0.29) is 0 Å². The van der Waals surface area contributed by atoms with Crippen molar-refractivity contribution in [3.05, 3.63) is 0 Å². The van der Waals surface area contributed by atoms with E-state index >= 15 is 0 Å². The fourth-order valence-electron chi connectivity index (χ4n) is 3.53. The zero-order chi connectivity index (χ0) is 28.0. The predicted octanol–water partition coefficient (Wildman–Crippen LogP) is 7.99. The van der Waals surface area contributed by atoms with Gasteiger partial charge in [-0.05, 0) is 12.8 Å². The fourth-order valence-corrected chi connectivity index (χ4v) is 5.13. The number of hydrogen-bond acceptors (Lipinski definition) is 9. The topological polar surface area (TPSA) is 81.7 Å². The second-order valence-electron chi connectivity index (χ2n) is 8.92. The van der Waals surface area contributed by atoms with Crippen LogP contribution in [0.25, 0.3) is 0 Å². The predicted molar refractivity (Wildman–Crippen MR) is 160 cm³/mol. The van der Waals surface area contributed by atoms with Crippen molar-refractivity contribution in [1.82, 2.24) is 0 Å². The molecule has 0 fully saturated rings. The van der Waals surface area contributed by atoms with Gasteiger partial charge in [-0.15, -0.1) is 35.0 Å². The van der Waals surface area contributed by atoms with Crippen molar-refractivity contribution in [2.75, 3.05) is 13.2 Å². The molecule has 2 atom stereocenters. The molecule has 0 aliphatic carbocycles. The molecule has 0 saturated heterocycles. The maximum atomic E-state index is 10.9. The van der Waals surface area contributed by atoms with E-state index in [4.69, 9.17) is 12.4 Å². The van der Waals surface area contributed by atoms with Crippen molar-refractivity contribution < 1.29 is 42.0 Å². The van der Waals surface area contributed by atoms with E-state index in [1.165, 1.54) is 103 Å². The van der Waals surface area contributed by atoms with Gasteiger partial charge in [-0.1, -0.05) is 129 Å². The minimum absolute atomic E-state index is 0.459. The van der Waals surface area contributed by atoms with Crippen molar-refractivity contribution in [2.24, 2.45) is 0 Å². The summed E-state index contributed by atoms with van der Waals surface area (Å²) >= 11 is 18.7. The molecule has 0 bridgehead atoms. The third-order valence-electron chi connectivity index (χ3n) is 5.49. The Morgan fingerprint density at radius 1 is 0.528 bits per heavy atom. The molecule has 0 rings (SSSR count). The van der Waals surface area contributed by atoms with Crippen molar-refractivity contribution in [2.45, 2.75) is 142 Å². The molecule has 0 aromatic rings.